The predicted octanol–water partition coefficient (Wildman–Crippen LogP) is 2.05. The number of nitrogens with zero attached hydrogens (tertiary/aromatic N) is 1. The minimum Gasteiger partial charge on any atom is -0.462 e. The molecule has 0 aromatic carbocycles. The largest absolute Gasteiger partial charge is 0.462 e. The molecule has 1 amide bonds. The van der Waals surface area contributed by atoms with Gasteiger partial charge in [0.2, 0.25) is 0 Å². The number of aliphatic hydroxyl groups is 1. The van der Waals surface area contributed by atoms with E-state index in [2.05, 4.69) is 10.3 Å². The molecule has 0 radical (unpaired) electrons. The molecular weight excluding hydrogens is 264 g/mol. The zero-order chi connectivity index (χ0) is 13.3. The Kier molecular flexibility index (Phi) is 3.12. The van der Waals surface area contributed by atoms with Gasteiger partial charge >= 0.3 is 0 Å². The van der Waals surface area contributed by atoms with Crippen LogP contribution in [-0.2, 0) is 0 Å². The third-order valence-electron chi connectivity index (χ3n) is 3.46. The quantitative estimate of drug-likeness (QED) is 0.897. The smallest absolute Gasteiger partial charge is 0.271 e. The highest BCUT2D eigenvalue weighted by Gasteiger charge is 2.38. The fraction of sp³-hybridized carbons (Fsp3) is 0.385. The SMILES string of the molecule is O=C(NC1(CO)CCC1)c1csc(-c2ccco2)n1. The minimum absolute atomic E-state index is 0.0199. The lowest BCUT2D eigenvalue weighted by Gasteiger charge is -2.40. The van der Waals surface area contributed by atoms with Gasteiger partial charge in [-0.15, -0.1) is 11.3 Å². The fourth-order valence-corrected chi connectivity index (χ4v) is 2.89. The number of carbonyl (C=O) groups is 1. The first-order valence-electron chi connectivity index (χ1n) is 6.15. The third kappa shape index (κ3) is 2.29. The summed E-state index contributed by atoms with van der Waals surface area (Å²) < 4.78 is 5.24. The van der Waals surface area contributed by atoms with E-state index in [1.54, 1.807) is 17.7 Å². The number of nitrogens with one attached hydrogen (secondary N) is 1. The van der Waals surface area contributed by atoms with Gasteiger partial charge in [-0.25, -0.2) is 4.98 Å². The molecule has 0 spiro atoms. The van der Waals surface area contributed by atoms with Crippen LogP contribution in [0.15, 0.2) is 28.2 Å². The number of aromatic nitrogens is 1. The molecule has 6 heteroatoms. The van der Waals surface area contributed by atoms with E-state index in [-0.39, 0.29) is 12.5 Å². The van der Waals surface area contributed by atoms with E-state index in [1.165, 1.54) is 11.3 Å². The highest BCUT2D eigenvalue weighted by Crippen LogP contribution is 2.32. The van der Waals surface area contributed by atoms with Crippen molar-refractivity contribution in [2.45, 2.75) is 24.8 Å². The van der Waals surface area contributed by atoms with Gasteiger partial charge in [-0.2, -0.15) is 0 Å². The normalized spacial score (nSPS) is 16.9. The summed E-state index contributed by atoms with van der Waals surface area (Å²) in [6, 6.07) is 3.59. The molecular formula is C13H14N2O3S. The Hall–Kier alpha value is -1.66. The van der Waals surface area contributed by atoms with E-state index in [9.17, 15) is 9.90 Å². The molecule has 3 rings (SSSR count). The second-order valence-electron chi connectivity index (χ2n) is 4.76. The number of hydrogen-bond acceptors (Lipinski definition) is 5. The summed E-state index contributed by atoms with van der Waals surface area (Å²) in [4.78, 5) is 16.3. The van der Waals surface area contributed by atoms with Crippen LogP contribution in [0.1, 0.15) is 29.8 Å². The lowest BCUT2D eigenvalue weighted by atomic mass is 9.77. The van der Waals surface area contributed by atoms with Crippen LogP contribution in [0.5, 0.6) is 0 Å². The van der Waals surface area contributed by atoms with Gasteiger partial charge in [-0.05, 0) is 31.4 Å². The van der Waals surface area contributed by atoms with Crippen LogP contribution in [0.2, 0.25) is 0 Å². The van der Waals surface area contributed by atoms with Crippen LogP contribution in [0.4, 0.5) is 0 Å². The van der Waals surface area contributed by atoms with Gasteiger partial charge < -0.3 is 14.8 Å². The van der Waals surface area contributed by atoms with Crippen LogP contribution in [-0.4, -0.2) is 28.1 Å². The number of amides is 1. The maximum Gasteiger partial charge on any atom is 0.271 e. The second-order valence-corrected chi connectivity index (χ2v) is 5.62. The monoisotopic (exact) mass is 278 g/mol. The van der Waals surface area contributed by atoms with E-state index in [0.29, 0.717) is 16.5 Å². The minimum atomic E-state index is -0.439. The molecule has 1 fully saturated rings. The van der Waals surface area contributed by atoms with Crippen molar-refractivity contribution in [2.24, 2.45) is 0 Å². The average Bonchev–Trinajstić information content (AvgIpc) is 3.02. The predicted molar refractivity (Wildman–Crippen MR) is 71.0 cm³/mol. The molecule has 1 aliphatic rings. The summed E-state index contributed by atoms with van der Waals surface area (Å²) >= 11 is 1.37. The molecule has 2 N–H and O–H groups in total. The maximum absolute atomic E-state index is 12.1. The highest BCUT2D eigenvalue weighted by molar-refractivity contribution is 7.13. The van der Waals surface area contributed by atoms with Crippen molar-refractivity contribution in [1.82, 2.24) is 10.3 Å². The Labute approximate surface area is 114 Å². The number of carbonyl (C=O) groups excluding carboxylic acids is 1. The van der Waals surface area contributed by atoms with E-state index < -0.39 is 5.54 Å². The molecule has 5 nitrogen and oxygen atoms in total. The molecule has 0 aliphatic heterocycles. The fourth-order valence-electron chi connectivity index (χ4n) is 2.12. The number of hydrogen-bond donors (Lipinski definition) is 2. The van der Waals surface area contributed by atoms with Crippen molar-refractivity contribution in [3.05, 3.63) is 29.5 Å². The van der Waals surface area contributed by atoms with Crippen LogP contribution in [0.3, 0.4) is 0 Å². The summed E-state index contributed by atoms with van der Waals surface area (Å²) in [7, 11) is 0. The van der Waals surface area contributed by atoms with E-state index in [4.69, 9.17) is 4.42 Å². The van der Waals surface area contributed by atoms with Crippen molar-refractivity contribution >= 4 is 17.2 Å². The Morgan fingerprint density at radius 3 is 3.00 bits per heavy atom. The van der Waals surface area contributed by atoms with Crippen LogP contribution in [0, 0.1) is 0 Å². The lowest BCUT2D eigenvalue weighted by Crippen LogP contribution is -2.56. The van der Waals surface area contributed by atoms with E-state index in [0.717, 1.165) is 19.3 Å². The zero-order valence-electron chi connectivity index (χ0n) is 10.3. The zero-order valence-corrected chi connectivity index (χ0v) is 11.1. The van der Waals surface area contributed by atoms with Gasteiger partial charge in [-0.3, -0.25) is 4.79 Å². The Bertz CT molecular complexity index is 567. The molecule has 0 atom stereocenters. The first kappa shape index (κ1) is 12.4. The maximum atomic E-state index is 12.1. The highest BCUT2D eigenvalue weighted by atomic mass is 32.1. The number of rotatable bonds is 4. The van der Waals surface area contributed by atoms with Gasteiger partial charge in [0.1, 0.15) is 5.69 Å². The summed E-state index contributed by atoms with van der Waals surface area (Å²) in [6.07, 6.45) is 4.26. The Morgan fingerprint density at radius 2 is 2.42 bits per heavy atom. The van der Waals surface area contributed by atoms with Gasteiger partial charge in [0, 0.05) is 5.38 Å². The number of aliphatic hydroxyl groups excluding tert-OH is 1. The molecule has 100 valence electrons. The molecule has 0 unspecified atom stereocenters. The summed E-state index contributed by atoms with van der Waals surface area (Å²) in [5.74, 6) is 0.423. The van der Waals surface area contributed by atoms with Crippen molar-refractivity contribution in [3.8, 4) is 10.8 Å². The van der Waals surface area contributed by atoms with E-state index >= 15 is 0 Å². The Balaban J connectivity index is 1.74. The van der Waals surface area contributed by atoms with Gasteiger partial charge in [0.05, 0.1) is 18.4 Å². The van der Waals surface area contributed by atoms with Gasteiger partial charge in [-0.1, -0.05) is 0 Å². The molecule has 2 aromatic heterocycles. The van der Waals surface area contributed by atoms with Crippen molar-refractivity contribution in [3.63, 3.8) is 0 Å². The third-order valence-corrected chi connectivity index (χ3v) is 4.32. The first-order chi connectivity index (χ1) is 9.22. The summed E-state index contributed by atoms with van der Waals surface area (Å²) in [5, 5.41) is 14.6. The molecule has 2 aromatic rings. The van der Waals surface area contributed by atoms with Crippen LogP contribution >= 0.6 is 11.3 Å². The lowest BCUT2D eigenvalue weighted by molar-refractivity contribution is 0.0638. The summed E-state index contributed by atoms with van der Waals surface area (Å²) in [6.45, 7) is -0.0199. The number of furan rings is 1. The molecule has 0 saturated heterocycles. The first-order valence-corrected chi connectivity index (χ1v) is 7.03. The van der Waals surface area contributed by atoms with Gasteiger partial charge in [0.15, 0.2) is 10.8 Å². The molecule has 1 aliphatic carbocycles. The second kappa shape index (κ2) is 4.79. The molecule has 2 heterocycles. The van der Waals surface area contributed by atoms with E-state index in [1.807, 2.05) is 6.07 Å². The van der Waals surface area contributed by atoms with Gasteiger partial charge in [0.25, 0.3) is 5.91 Å². The Morgan fingerprint density at radius 1 is 1.58 bits per heavy atom. The number of thiazole rings is 1. The standard InChI is InChI=1S/C13H14N2O3S/c16-8-13(4-2-5-13)15-11(17)9-7-19-12(14-9)10-3-1-6-18-10/h1,3,6-7,16H,2,4-5,8H2,(H,15,17). The van der Waals surface area contributed by atoms with Crippen molar-refractivity contribution < 1.29 is 14.3 Å². The molecule has 1 saturated carbocycles. The molecule has 19 heavy (non-hydrogen) atoms. The summed E-state index contributed by atoms with van der Waals surface area (Å²) in [5.41, 5.74) is -0.0675. The van der Waals surface area contributed by atoms with Crippen molar-refractivity contribution in [1.29, 1.82) is 0 Å². The van der Waals surface area contributed by atoms with Crippen LogP contribution < -0.4 is 5.32 Å². The van der Waals surface area contributed by atoms with Crippen LogP contribution in [0.25, 0.3) is 10.8 Å². The topological polar surface area (TPSA) is 75.4 Å². The average molecular weight is 278 g/mol. The van der Waals surface area contributed by atoms with Crippen molar-refractivity contribution in [2.75, 3.05) is 6.61 Å². The molecule has 0 bridgehead atoms.